The minimum atomic E-state index is -0.636. The van der Waals surface area contributed by atoms with Crippen molar-refractivity contribution in [3.05, 3.63) is 97.9 Å². The number of furan rings is 1. The van der Waals surface area contributed by atoms with E-state index >= 15 is 0 Å². The molecule has 1 aliphatic rings. The van der Waals surface area contributed by atoms with Gasteiger partial charge in [-0.05, 0) is 86.6 Å². The van der Waals surface area contributed by atoms with Crippen molar-refractivity contribution in [1.82, 2.24) is 4.90 Å². The van der Waals surface area contributed by atoms with Crippen molar-refractivity contribution in [3.63, 3.8) is 0 Å². The number of esters is 1. The number of methoxy groups -OCH3 is 2. The van der Waals surface area contributed by atoms with Gasteiger partial charge in [-0.3, -0.25) is 14.5 Å². The van der Waals surface area contributed by atoms with Crippen molar-refractivity contribution in [2.75, 3.05) is 14.2 Å². The summed E-state index contributed by atoms with van der Waals surface area (Å²) < 4.78 is 22.6. The van der Waals surface area contributed by atoms with Crippen molar-refractivity contribution in [1.29, 1.82) is 0 Å². The fourth-order valence-corrected chi connectivity index (χ4v) is 5.77. The van der Waals surface area contributed by atoms with Gasteiger partial charge in [0.15, 0.2) is 11.5 Å². The monoisotopic (exact) mass is 655 g/mol. The van der Waals surface area contributed by atoms with Gasteiger partial charge in [0.1, 0.15) is 12.4 Å². The molecule has 5 rings (SSSR count). The van der Waals surface area contributed by atoms with Crippen molar-refractivity contribution in [3.8, 4) is 11.5 Å². The zero-order valence-electron chi connectivity index (χ0n) is 20.9. The van der Waals surface area contributed by atoms with Crippen LogP contribution >= 0.6 is 34.4 Å². The lowest BCUT2D eigenvalue weighted by Gasteiger charge is -2.15. The number of halogens is 1. The predicted molar refractivity (Wildman–Crippen MR) is 156 cm³/mol. The van der Waals surface area contributed by atoms with Gasteiger partial charge in [-0.25, -0.2) is 4.79 Å². The third-order valence-corrected chi connectivity index (χ3v) is 7.75. The van der Waals surface area contributed by atoms with Gasteiger partial charge in [-0.2, -0.15) is 0 Å². The molecule has 0 bridgehead atoms. The van der Waals surface area contributed by atoms with Crippen LogP contribution in [0.25, 0.3) is 16.8 Å². The van der Waals surface area contributed by atoms with Crippen molar-refractivity contribution >= 4 is 68.3 Å². The van der Waals surface area contributed by atoms with Crippen molar-refractivity contribution in [2.45, 2.75) is 13.2 Å². The molecular weight excluding hydrogens is 633 g/mol. The van der Waals surface area contributed by atoms with Gasteiger partial charge in [-0.15, -0.1) is 0 Å². The van der Waals surface area contributed by atoms with Crippen LogP contribution in [-0.4, -0.2) is 36.2 Å². The lowest BCUT2D eigenvalue weighted by molar-refractivity contribution is -0.123. The molecule has 1 aromatic heterocycles. The number of thioether (sulfide) groups is 1. The second kappa shape index (κ2) is 11.5. The number of rotatable bonds is 8. The second-order valence-electron chi connectivity index (χ2n) is 8.49. The van der Waals surface area contributed by atoms with Crippen LogP contribution in [0.1, 0.15) is 27.4 Å². The summed E-state index contributed by atoms with van der Waals surface area (Å²) in [4.78, 5) is 38.6. The van der Waals surface area contributed by atoms with E-state index in [9.17, 15) is 14.4 Å². The third-order valence-electron chi connectivity index (χ3n) is 6.04. The summed E-state index contributed by atoms with van der Waals surface area (Å²) in [6.45, 7) is 0.261. The molecule has 0 radical (unpaired) electrons. The van der Waals surface area contributed by atoms with Gasteiger partial charge in [0, 0.05) is 0 Å². The average Bonchev–Trinajstić information content (AvgIpc) is 3.52. The molecule has 8 nitrogen and oxygen atoms in total. The van der Waals surface area contributed by atoms with Gasteiger partial charge < -0.3 is 18.6 Å². The molecule has 1 fully saturated rings. The standard InChI is InChI=1S/C29H22INO7S/c1-35-24-13-17(12-22(30)26(24)37-16-19-8-5-7-18-6-3-4-9-21(18)19)14-25-27(32)31(29(34)39-25)15-20-10-11-23(38-20)28(33)36-2/h3-14H,15-16H2,1-2H3/b25-14+. The van der Waals surface area contributed by atoms with Crippen molar-refractivity contribution in [2.24, 2.45) is 0 Å². The quantitative estimate of drug-likeness (QED) is 0.118. The lowest BCUT2D eigenvalue weighted by Crippen LogP contribution is -2.27. The molecule has 10 heteroatoms. The fourth-order valence-electron chi connectivity index (χ4n) is 4.15. The van der Waals surface area contributed by atoms with Crippen LogP contribution in [-0.2, 0) is 22.7 Å². The maximum atomic E-state index is 13.0. The average molecular weight is 655 g/mol. The second-order valence-corrected chi connectivity index (χ2v) is 10.6. The number of hydrogen-bond acceptors (Lipinski definition) is 8. The van der Waals surface area contributed by atoms with E-state index in [1.165, 1.54) is 19.2 Å². The zero-order valence-corrected chi connectivity index (χ0v) is 23.9. The molecule has 39 heavy (non-hydrogen) atoms. The number of benzene rings is 3. The Hall–Kier alpha value is -3.77. The molecule has 2 amide bonds. The van der Waals surface area contributed by atoms with Crippen LogP contribution in [0, 0.1) is 3.57 Å². The van der Waals surface area contributed by atoms with E-state index in [-0.39, 0.29) is 17.2 Å². The molecule has 1 aliphatic heterocycles. The Labute approximate surface area is 242 Å². The van der Waals surface area contributed by atoms with E-state index in [1.54, 1.807) is 19.3 Å². The van der Waals surface area contributed by atoms with Gasteiger partial charge >= 0.3 is 5.97 Å². The van der Waals surface area contributed by atoms with Crippen LogP contribution in [0.4, 0.5) is 4.79 Å². The molecule has 3 aromatic carbocycles. The molecular formula is C29H22INO7S. The minimum absolute atomic E-state index is 0.000515. The highest BCUT2D eigenvalue weighted by molar-refractivity contribution is 14.1. The Morgan fingerprint density at radius 3 is 2.64 bits per heavy atom. The predicted octanol–water partition coefficient (Wildman–Crippen LogP) is 6.65. The topological polar surface area (TPSA) is 95.3 Å². The van der Waals surface area contributed by atoms with Gasteiger partial charge in [0.2, 0.25) is 5.76 Å². The molecule has 0 N–H and O–H groups in total. The molecule has 0 unspecified atom stereocenters. The molecule has 0 saturated carbocycles. The Morgan fingerprint density at radius 2 is 1.85 bits per heavy atom. The Kier molecular flexibility index (Phi) is 7.94. The molecule has 198 valence electrons. The first kappa shape index (κ1) is 26.8. The number of amides is 2. The highest BCUT2D eigenvalue weighted by Gasteiger charge is 2.36. The summed E-state index contributed by atoms with van der Waals surface area (Å²) in [5, 5.41) is 1.83. The normalized spacial score (nSPS) is 14.3. The van der Waals surface area contributed by atoms with E-state index in [4.69, 9.17) is 13.9 Å². The third kappa shape index (κ3) is 5.66. The molecule has 4 aromatic rings. The molecule has 2 heterocycles. The summed E-state index contributed by atoms with van der Waals surface area (Å²) in [7, 11) is 2.80. The Balaban J connectivity index is 1.34. The van der Waals surface area contributed by atoms with Gasteiger partial charge in [0.25, 0.3) is 11.1 Å². The first-order valence-electron chi connectivity index (χ1n) is 11.8. The van der Waals surface area contributed by atoms with E-state index < -0.39 is 17.1 Å². The smallest absolute Gasteiger partial charge is 0.373 e. The number of carbonyl (C=O) groups excluding carboxylic acids is 3. The molecule has 0 atom stereocenters. The highest BCUT2D eigenvalue weighted by atomic mass is 127. The van der Waals surface area contributed by atoms with E-state index in [0.29, 0.717) is 29.4 Å². The van der Waals surface area contributed by atoms with Crippen LogP contribution in [0.5, 0.6) is 11.5 Å². The fraction of sp³-hybridized carbons (Fsp3) is 0.138. The highest BCUT2D eigenvalue weighted by Crippen LogP contribution is 2.38. The van der Waals surface area contributed by atoms with E-state index in [0.717, 1.165) is 36.6 Å². The van der Waals surface area contributed by atoms with Crippen LogP contribution < -0.4 is 9.47 Å². The summed E-state index contributed by atoms with van der Waals surface area (Å²) in [6.07, 6.45) is 1.64. The number of carbonyl (C=O) groups is 3. The van der Waals surface area contributed by atoms with Crippen LogP contribution in [0.3, 0.4) is 0 Å². The Bertz CT molecular complexity index is 1620. The maximum absolute atomic E-state index is 13.0. The number of ether oxygens (including phenoxy) is 3. The number of fused-ring (bicyclic) bond motifs is 1. The van der Waals surface area contributed by atoms with Crippen LogP contribution in [0.2, 0.25) is 0 Å². The summed E-state index contributed by atoms with van der Waals surface area (Å²) in [6, 6.07) is 20.8. The van der Waals surface area contributed by atoms with E-state index in [2.05, 4.69) is 45.5 Å². The largest absolute Gasteiger partial charge is 0.493 e. The SMILES string of the molecule is COC(=O)c1ccc(CN2C(=O)S/C(=C/c3cc(I)c(OCc4cccc5ccccc45)c(OC)c3)C2=O)o1. The summed E-state index contributed by atoms with van der Waals surface area (Å²) >= 11 is 3.00. The summed E-state index contributed by atoms with van der Waals surface area (Å²) in [5.41, 5.74) is 1.74. The number of hydrogen-bond donors (Lipinski definition) is 0. The molecule has 0 aliphatic carbocycles. The minimum Gasteiger partial charge on any atom is -0.493 e. The summed E-state index contributed by atoms with van der Waals surface area (Å²) in [5.74, 6) is 0.311. The van der Waals surface area contributed by atoms with Crippen molar-refractivity contribution < 1.29 is 33.0 Å². The van der Waals surface area contributed by atoms with Gasteiger partial charge in [-0.1, -0.05) is 42.5 Å². The molecule has 0 spiro atoms. The van der Waals surface area contributed by atoms with Crippen LogP contribution in [0.15, 0.2) is 76.1 Å². The maximum Gasteiger partial charge on any atom is 0.373 e. The molecule has 1 saturated heterocycles. The lowest BCUT2D eigenvalue weighted by atomic mass is 10.1. The first-order chi connectivity index (χ1) is 18.9. The zero-order chi connectivity index (χ0) is 27.5. The first-order valence-corrected chi connectivity index (χ1v) is 13.7. The Morgan fingerprint density at radius 1 is 1.05 bits per heavy atom. The van der Waals surface area contributed by atoms with Gasteiger partial charge in [0.05, 0.1) is 29.2 Å². The van der Waals surface area contributed by atoms with E-state index in [1.807, 2.05) is 30.3 Å². The number of nitrogens with zero attached hydrogens (tertiary/aromatic N) is 1. The number of imide groups is 1.